The number of aromatic nitrogens is 1. The molecule has 0 bridgehead atoms. The predicted molar refractivity (Wildman–Crippen MR) is 114 cm³/mol. The SMILES string of the molecule is CC[C@H](NC)C(=O)Nc1ccc2n(c1=O)[C@H](C(O)NCCc1ccccc1)CC2. The van der Waals surface area contributed by atoms with Gasteiger partial charge in [0.15, 0.2) is 0 Å². The second-order valence-corrected chi connectivity index (χ2v) is 7.39. The summed E-state index contributed by atoms with van der Waals surface area (Å²) in [4.78, 5) is 25.3. The number of amides is 1. The fourth-order valence-corrected chi connectivity index (χ4v) is 3.86. The second kappa shape index (κ2) is 9.82. The first-order valence-electron chi connectivity index (χ1n) is 10.2. The number of aliphatic hydroxyl groups is 1. The Bertz CT molecular complexity index is 877. The smallest absolute Gasteiger partial charge is 0.274 e. The molecule has 7 heteroatoms. The Morgan fingerprint density at radius 1 is 1.24 bits per heavy atom. The van der Waals surface area contributed by atoms with Gasteiger partial charge in [-0.3, -0.25) is 14.9 Å². The van der Waals surface area contributed by atoms with Crippen LogP contribution in [-0.2, 0) is 17.6 Å². The summed E-state index contributed by atoms with van der Waals surface area (Å²) >= 11 is 0. The van der Waals surface area contributed by atoms with E-state index in [2.05, 4.69) is 16.0 Å². The topological polar surface area (TPSA) is 95.4 Å². The Kier molecular flexibility index (Phi) is 7.19. The lowest BCUT2D eigenvalue weighted by Gasteiger charge is -2.23. The molecule has 1 unspecified atom stereocenters. The third kappa shape index (κ3) is 4.93. The maximum absolute atomic E-state index is 13.0. The lowest BCUT2D eigenvalue weighted by Crippen LogP contribution is -2.42. The average molecular weight is 399 g/mol. The molecular weight excluding hydrogens is 368 g/mol. The van der Waals surface area contributed by atoms with E-state index in [9.17, 15) is 14.7 Å². The van der Waals surface area contributed by atoms with Crippen molar-refractivity contribution in [1.29, 1.82) is 0 Å². The van der Waals surface area contributed by atoms with Crippen molar-refractivity contribution in [2.75, 3.05) is 18.9 Å². The van der Waals surface area contributed by atoms with Crippen molar-refractivity contribution < 1.29 is 9.90 Å². The van der Waals surface area contributed by atoms with E-state index in [1.165, 1.54) is 5.56 Å². The van der Waals surface area contributed by atoms with Crippen molar-refractivity contribution in [2.24, 2.45) is 0 Å². The van der Waals surface area contributed by atoms with Crippen LogP contribution in [0.4, 0.5) is 5.69 Å². The standard InChI is InChI=1S/C22H30N4O3/c1-3-17(23-2)20(27)25-18-11-9-16-10-12-19(26(16)22(18)29)21(28)24-14-13-15-7-5-4-6-8-15/h4-9,11,17,19,21,23-24,28H,3,10,12-14H2,1-2H3,(H,25,27)/t17-,19-,21?/m0/s1. The minimum atomic E-state index is -0.829. The van der Waals surface area contributed by atoms with Crippen LogP contribution in [0.15, 0.2) is 47.3 Å². The van der Waals surface area contributed by atoms with Gasteiger partial charge in [0.2, 0.25) is 5.91 Å². The number of nitrogens with one attached hydrogen (secondary N) is 3. The molecule has 1 aliphatic heterocycles. The normalized spacial score (nSPS) is 17.6. The van der Waals surface area contributed by atoms with Gasteiger partial charge in [-0.25, -0.2) is 0 Å². The third-order valence-electron chi connectivity index (χ3n) is 5.53. The highest BCUT2D eigenvalue weighted by molar-refractivity contribution is 5.94. The fraction of sp³-hybridized carbons (Fsp3) is 0.455. The number of aliphatic hydroxyl groups excluding tert-OH is 1. The zero-order chi connectivity index (χ0) is 20.8. The summed E-state index contributed by atoms with van der Waals surface area (Å²) < 4.78 is 1.62. The molecule has 156 valence electrons. The minimum Gasteiger partial charge on any atom is -0.376 e. The minimum absolute atomic E-state index is 0.233. The predicted octanol–water partition coefficient (Wildman–Crippen LogP) is 1.42. The highest BCUT2D eigenvalue weighted by Crippen LogP contribution is 2.26. The first-order valence-corrected chi connectivity index (χ1v) is 10.2. The van der Waals surface area contributed by atoms with E-state index < -0.39 is 6.23 Å². The molecule has 0 saturated carbocycles. The van der Waals surface area contributed by atoms with Crippen LogP contribution in [0.3, 0.4) is 0 Å². The largest absolute Gasteiger partial charge is 0.376 e. The Morgan fingerprint density at radius 2 is 2.00 bits per heavy atom. The molecule has 0 saturated heterocycles. The number of anilines is 1. The van der Waals surface area contributed by atoms with Gasteiger partial charge in [-0.2, -0.15) is 0 Å². The van der Waals surface area contributed by atoms with Gasteiger partial charge in [0.25, 0.3) is 5.56 Å². The van der Waals surface area contributed by atoms with E-state index in [4.69, 9.17) is 0 Å². The number of carbonyl (C=O) groups excluding carboxylic acids is 1. The van der Waals surface area contributed by atoms with E-state index >= 15 is 0 Å². The van der Waals surface area contributed by atoms with Crippen molar-refractivity contribution in [1.82, 2.24) is 15.2 Å². The Labute approximate surface area is 171 Å². The van der Waals surface area contributed by atoms with Gasteiger partial charge in [0.05, 0.1) is 12.1 Å². The Morgan fingerprint density at radius 3 is 2.69 bits per heavy atom. The molecule has 4 N–H and O–H groups in total. The molecule has 0 radical (unpaired) electrons. The van der Waals surface area contributed by atoms with E-state index in [0.29, 0.717) is 19.4 Å². The molecule has 0 fully saturated rings. The monoisotopic (exact) mass is 398 g/mol. The maximum atomic E-state index is 13.0. The molecular formula is C22H30N4O3. The average Bonchev–Trinajstić information content (AvgIpc) is 3.17. The number of hydrogen-bond acceptors (Lipinski definition) is 5. The zero-order valence-corrected chi connectivity index (χ0v) is 17.0. The van der Waals surface area contributed by atoms with Gasteiger partial charge in [-0.1, -0.05) is 37.3 Å². The van der Waals surface area contributed by atoms with E-state index in [1.54, 1.807) is 17.7 Å². The van der Waals surface area contributed by atoms with Gasteiger partial charge in [-0.05, 0) is 50.4 Å². The van der Waals surface area contributed by atoms with Crippen LogP contribution < -0.4 is 21.5 Å². The zero-order valence-electron chi connectivity index (χ0n) is 17.0. The molecule has 3 rings (SSSR count). The van der Waals surface area contributed by atoms with Gasteiger partial charge in [-0.15, -0.1) is 0 Å². The number of nitrogens with zero attached hydrogens (tertiary/aromatic N) is 1. The van der Waals surface area contributed by atoms with Crippen LogP contribution in [-0.4, -0.2) is 41.4 Å². The summed E-state index contributed by atoms with van der Waals surface area (Å²) in [6, 6.07) is 12.9. The van der Waals surface area contributed by atoms with Crippen LogP contribution in [0, 0.1) is 0 Å². The van der Waals surface area contributed by atoms with Gasteiger partial charge < -0.3 is 20.3 Å². The number of carbonyl (C=O) groups is 1. The van der Waals surface area contributed by atoms with E-state index in [0.717, 1.165) is 18.5 Å². The Hall–Kier alpha value is -2.48. The number of benzene rings is 1. The van der Waals surface area contributed by atoms with Gasteiger partial charge >= 0.3 is 0 Å². The molecule has 1 aliphatic rings. The molecule has 3 atom stereocenters. The van der Waals surface area contributed by atoms with Crippen LogP contribution in [0.5, 0.6) is 0 Å². The van der Waals surface area contributed by atoms with Crippen LogP contribution in [0.1, 0.15) is 37.1 Å². The summed E-state index contributed by atoms with van der Waals surface area (Å²) in [6.07, 6.45) is 2.00. The molecule has 7 nitrogen and oxygen atoms in total. The third-order valence-corrected chi connectivity index (χ3v) is 5.53. The van der Waals surface area contributed by atoms with Gasteiger partial charge in [0.1, 0.15) is 11.9 Å². The highest BCUT2D eigenvalue weighted by atomic mass is 16.3. The number of pyridine rings is 1. The Balaban J connectivity index is 1.68. The van der Waals surface area contributed by atoms with Crippen LogP contribution in [0.2, 0.25) is 0 Å². The lowest BCUT2D eigenvalue weighted by atomic mass is 10.1. The van der Waals surface area contributed by atoms with Crippen molar-refractivity contribution in [2.45, 2.75) is 50.9 Å². The fourth-order valence-electron chi connectivity index (χ4n) is 3.86. The molecule has 0 aliphatic carbocycles. The summed E-state index contributed by atoms with van der Waals surface area (Å²) in [5, 5.41) is 19.5. The first-order chi connectivity index (χ1) is 14.0. The van der Waals surface area contributed by atoms with Crippen molar-refractivity contribution in [3.05, 3.63) is 64.1 Å². The summed E-state index contributed by atoms with van der Waals surface area (Å²) in [5.74, 6) is -0.233. The molecule has 0 spiro atoms. The van der Waals surface area contributed by atoms with Crippen LogP contribution in [0.25, 0.3) is 0 Å². The molecule has 29 heavy (non-hydrogen) atoms. The maximum Gasteiger partial charge on any atom is 0.274 e. The quantitative estimate of drug-likeness (QED) is 0.479. The van der Waals surface area contributed by atoms with Crippen molar-refractivity contribution in [3.8, 4) is 0 Å². The van der Waals surface area contributed by atoms with E-state index in [-0.39, 0.29) is 29.2 Å². The van der Waals surface area contributed by atoms with E-state index in [1.807, 2.05) is 43.3 Å². The summed E-state index contributed by atoms with van der Waals surface area (Å²) in [7, 11) is 1.72. The van der Waals surface area contributed by atoms with Gasteiger partial charge in [0, 0.05) is 12.2 Å². The second-order valence-electron chi connectivity index (χ2n) is 7.39. The lowest BCUT2D eigenvalue weighted by molar-refractivity contribution is -0.118. The first kappa shape index (κ1) is 21.2. The number of hydrogen-bond donors (Lipinski definition) is 4. The summed E-state index contributed by atoms with van der Waals surface area (Å²) in [6.45, 7) is 2.52. The van der Waals surface area contributed by atoms with Crippen molar-refractivity contribution in [3.63, 3.8) is 0 Å². The number of rotatable bonds is 9. The van der Waals surface area contributed by atoms with Crippen LogP contribution >= 0.6 is 0 Å². The number of aryl methyl sites for hydroxylation is 1. The summed E-state index contributed by atoms with van der Waals surface area (Å²) in [5.41, 5.74) is 2.04. The van der Waals surface area contributed by atoms with Crippen molar-refractivity contribution >= 4 is 11.6 Å². The molecule has 2 heterocycles. The molecule has 1 aromatic heterocycles. The molecule has 1 amide bonds. The molecule has 1 aromatic carbocycles. The highest BCUT2D eigenvalue weighted by Gasteiger charge is 2.30. The number of likely N-dealkylation sites (N-methyl/N-ethyl adjacent to an activating group) is 1. The molecule has 2 aromatic rings. The number of fused-ring (bicyclic) bond motifs is 1.